The summed E-state index contributed by atoms with van der Waals surface area (Å²) in [4.78, 5) is 14.4. The largest absolute Gasteiger partial charge is 0.308 e. The van der Waals surface area contributed by atoms with E-state index in [2.05, 4.69) is 39.8 Å². The number of carbonyl (C=O) groups excluding carboxylic acids is 1. The normalized spacial score (nSPS) is 12.9. The van der Waals surface area contributed by atoms with E-state index in [-0.39, 0.29) is 5.78 Å². The third-order valence-electron chi connectivity index (χ3n) is 2.89. The molecule has 108 valence electrons. The molecule has 0 fully saturated rings. The van der Waals surface area contributed by atoms with Crippen molar-refractivity contribution in [3.05, 3.63) is 16.4 Å². The van der Waals surface area contributed by atoms with Crippen LogP contribution in [0.3, 0.4) is 0 Å². The second-order valence-electron chi connectivity index (χ2n) is 4.82. The first-order chi connectivity index (χ1) is 8.95. The third-order valence-corrected chi connectivity index (χ3v) is 4.80. The zero-order chi connectivity index (χ0) is 14.4. The zero-order valence-electron chi connectivity index (χ0n) is 12.0. The molecule has 1 aromatic rings. The van der Waals surface area contributed by atoms with Crippen molar-refractivity contribution >= 4 is 33.5 Å². The molecule has 0 radical (unpaired) electrons. The molecule has 1 heterocycles. The van der Waals surface area contributed by atoms with Crippen molar-refractivity contribution in [1.29, 1.82) is 0 Å². The van der Waals surface area contributed by atoms with E-state index >= 15 is 0 Å². The molecule has 0 aliphatic heterocycles. The van der Waals surface area contributed by atoms with Gasteiger partial charge in [0.1, 0.15) is 5.69 Å². The van der Waals surface area contributed by atoms with E-state index in [0.717, 1.165) is 24.0 Å². The summed E-state index contributed by atoms with van der Waals surface area (Å²) >= 11 is 5.12. The number of hydrogen-bond donors (Lipinski definition) is 0. The minimum atomic E-state index is 0.147. The molecule has 0 spiro atoms. The van der Waals surface area contributed by atoms with E-state index in [1.807, 2.05) is 14.1 Å². The molecule has 0 aliphatic carbocycles. The molecule has 4 nitrogen and oxygen atoms in total. The van der Waals surface area contributed by atoms with Crippen molar-refractivity contribution < 1.29 is 4.79 Å². The van der Waals surface area contributed by atoms with Crippen molar-refractivity contribution in [3.8, 4) is 0 Å². The molecule has 0 bridgehead atoms. The summed E-state index contributed by atoms with van der Waals surface area (Å²) in [7, 11) is 4.03. The van der Waals surface area contributed by atoms with Gasteiger partial charge in [-0.2, -0.15) is 16.9 Å². The third kappa shape index (κ3) is 5.28. The van der Waals surface area contributed by atoms with Crippen LogP contribution >= 0.6 is 27.7 Å². The number of aromatic nitrogens is 2. The quantitative estimate of drug-likeness (QED) is 0.677. The van der Waals surface area contributed by atoms with Crippen molar-refractivity contribution in [2.24, 2.45) is 0 Å². The summed E-state index contributed by atoms with van der Waals surface area (Å²) in [5.41, 5.74) is 0.692. The number of thioether (sulfide) groups is 1. The Bertz CT molecular complexity index is 420. The molecule has 1 unspecified atom stereocenters. The Morgan fingerprint density at radius 2 is 2.26 bits per heavy atom. The number of Topliss-reactive ketones (excluding diaryl/α,β-unsaturated/α-hetero) is 1. The van der Waals surface area contributed by atoms with Crippen LogP contribution in [-0.2, 0) is 6.54 Å². The lowest BCUT2D eigenvalue weighted by Crippen LogP contribution is -2.22. The number of halogens is 1. The van der Waals surface area contributed by atoms with Crippen LogP contribution in [0.5, 0.6) is 0 Å². The van der Waals surface area contributed by atoms with Gasteiger partial charge in [0.05, 0.1) is 23.0 Å². The van der Waals surface area contributed by atoms with E-state index < -0.39 is 0 Å². The van der Waals surface area contributed by atoms with Gasteiger partial charge in [0.25, 0.3) is 0 Å². The predicted octanol–water partition coefficient (Wildman–Crippen LogP) is 2.92. The highest BCUT2D eigenvalue weighted by Gasteiger charge is 2.17. The molecule has 0 N–H and O–H groups in total. The summed E-state index contributed by atoms with van der Waals surface area (Å²) < 4.78 is 2.59. The SMILES string of the molecule is CCC(C)SCC(=O)c1c(Br)cnn1CCN(C)C. The molecule has 0 amide bonds. The molecule has 0 aliphatic rings. The van der Waals surface area contributed by atoms with E-state index in [0.29, 0.717) is 16.7 Å². The Kier molecular flexibility index (Phi) is 7.10. The standard InChI is InChI=1S/C13H22BrN3OS/c1-5-10(2)19-9-12(18)13-11(14)8-15-17(13)7-6-16(3)4/h8,10H,5-7,9H2,1-4H3. The van der Waals surface area contributed by atoms with E-state index in [1.165, 1.54) is 0 Å². The van der Waals surface area contributed by atoms with Crippen LogP contribution in [0.4, 0.5) is 0 Å². The lowest BCUT2D eigenvalue weighted by atomic mass is 10.3. The molecule has 0 aromatic carbocycles. The highest BCUT2D eigenvalue weighted by atomic mass is 79.9. The van der Waals surface area contributed by atoms with Crippen LogP contribution in [0.1, 0.15) is 30.8 Å². The first kappa shape index (κ1) is 16.7. The van der Waals surface area contributed by atoms with Crippen molar-refractivity contribution in [3.63, 3.8) is 0 Å². The van der Waals surface area contributed by atoms with Gasteiger partial charge in [-0.1, -0.05) is 13.8 Å². The van der Waals surface area contributed by atoms with E-state index in [9.17, 15) is 4.79 Å². The van der Waals surface area contributed by atoms with E-state index in [1.54, 1.807) is 22.6 Å². The molecule has 0 saturated carbocycles. The van der Waals surface area contributed by atoms with Crippen LogP contribution in [0.25, 0.3) is 0 Å². The molecule has 0 saturated heterocycles. The van der Waals surface area contributed by atoms with Crippen LogP contribution in [0.2, 0.25) is 0 Å². The summed E-state index contributed by atoms with van der Waals surface area (Å²) in [5, 5.41) is 4.78. The Morgan fingerprint density at radius 1 is 1.58 bits per heavy atom. The van der Waals surface area contributed by atoms with E-state index in [4.69, 9.17) is 0 Å². The topological polar surface area (TPSA) is 38.1 Å². The molecule has 1 atom stereocenters. The highest BCUT2D eigenvalue weighted by Crippen LogP contribution is 2.21. The minimum Gasteiger partial charge on any atom is -0.308 e. The summed E-state index contributed by atoms with van der Waals surface area (Å²) in [6.07, 6.45) is 2.79. The van der Waals surface area contributed by atoms with Gasteiger partial charge >= 0.3 is 0 Å². The smallest absolute Gasteiger partial charge is 0.191 e. The molecule has 19 heavy (non-hydrogen) atoms. The highest BCUT2D eigenvalue weighted by molar-refractivity contribution is 9.10. The number of hydrogen-bond acceptors (Lipinski definition) is 4. The van der Waals surface area contributed by atoms with Crippen LogP contribution in [0, 0.1) is 0 Å². The van der Waals surface area contributed by atoms with Gasteiger partial charge in [0.15, 0.2) is 5.78 Å². The van der Waals surface area contributed by atoms with Crippen LogP contribution in [-0.4, -0.2) is 52.1 Å². The Labute approximate surface area is 128 Å². The van der Waals surface area contributed by atoms with Crippen LogP contribution < -0.4 is 0 Å². The number of likely N-dealkylation sites (N-methyl/N-ethyl adjacent to an activating group) is 1. The summed E-state index contributed by atoms with van der Waals surface area (Å²) in [6.45, 7) is 5.89. The van der Waals surface area contributed by atoms with Crippen LogP contribution in [0.15, 0.2) is 10.7 Å². The Hall–Kier alpha value is -0.330. The average molecular weight is 348 g/mol. The minimum absolute atomic E-state index is 0.147. The average Bonchev–Trinajstić information content (AvgIpc) is 2.74. The fourth-order valence-electron chi connectivity index (χ4n) is 1.51. The summed E-state index contributed by atoms with van der Waals surface area (Å²) in [6, 6.07) is 0. The van der Waals surface area contributed by atoms with Crippen molar-refractivity contribution in [1.82, 2.24) is 14.7 Å². The first-order valence-corrected chi connectivity index (χ1v) is 8.30. The van der Waals surface area contributed by atoms with Crippen molar-refractivity contribution in [2.45, 2.75) is 32.1 Å². The molecule has 1 rings (SSSR count). The maximum atomic E-state index is 12.3. The monoisotopic (exact) mass is 347 g/mol. The number of nitrogens with zero attached hydrogens (tertiary/aromatic N) is 3. The number of carbonyl (C=O) groups is 1. The number of rotatable bonds is 8. The number of ketones is 1. The Balaban J connectivity index is 2.69. The first-order valence-electron chi connectivity index (χ1n) is 6.46. The second kappa shape index (κ2) is 8.07. The van der Waals surface area contributed by atoms with Gasteiger partial charge in [-0.3, -0.25) is 9.48 Å². The lowest BCUT2D eigenvalue weighted by molar-refractivity contribution is 0.101. The molecular formula is C13H22BrN3OS. The molecule has 1 aromatic heterocycles. The maximum Gasteiger partial charge on any atom is 0.191 e. The maximum absolute atomic E-state index is 12.3. The lowest BCUT2D eigenvalue weighted by Gasteiger charge is -2.12. The van der Waals surface area contributed by atoms with Gasteiger partial charge in [-0.05, 0) is 36.4 Å². The van der Waals surface area contributed by atoms with Gasteiger partial charge < -0.3 is 4.90 Å². The van der Waals surface area contributed by atoms with Gasteiger partial charge in [-0.15, -0.1) is 0 Å². The fourth-order valence-corrected chi connectivity index (χ4v) is 2.83. The van der Waals surface area contributed by atoms with Gasteiger partial charge in [0.2, 0.25) is 0 Å². The predicted molar refractivity (Wildman–Crippen MR) is 85.0 cm³/mol. The molecular weight excluding hydrogens is 326 g/mol. The Morgan fingerprint density at radius 3 is 2.84 bits per heavy atom. The fraction of sp³-hybridized carbons (Fsp3) is 0.692. The summed E-state index contributed by atoms with van der Waals surface area (Å²) in [5.74, 6) is 0.662. The van der Waals surface area contributed by atoms with Crippen molar-refractivity contribution in [2.75, 3.05) is 26.4 Å². The zero-order valence-corrected chi connectivity index (χ0v) is 14.4. The molecule has 6 heteroatoms. The van der Waals surface area contributed by atoms with Gasteiger partial charge in [-0.25, -0.2) is 0 Å². The van der Waals surface area contributed by atoms with Gasteiger partial charge in [0, 0.05) is 11.8 Å². The second-order valence-corrected chi connectivity index (χ2v) is 7.10.